The van der Waals surface area contributed by atoms with E-state index in [0.717, 1.165) is 74.7 Å². The summed E-state index contributed by atoms with van der Waals surface area (Å²) < 4.78 is 6.14. The molecule has 9 heteroatoms. The van der Waals surface area contributed by atoms with Crippen LogP contribution >= 0.6 is 23.2 Å². The van der Waals surface area contributed by atoms with E-state index in [0.29, 0.717) is 11.6 Å². The number of hydrogen-bond donors (Lipinski definition) is 1. The van der Waals surface area contributed by atoms with Crippen molar-refractivity contribution in [3.8, 4) is 0 Å². The Hall–Kier alpha value is -2.74. The highest BCUT2D eigenvalue weighted by atomic mass is 35.5. The summed E-state index contributed by atoms with van der Waals surface area (Å²) in [6.07, 6.45) is 5.47. The molecule has 0 radical (unpaired) electrons. The summed E-state index contributed by atoms with van der Waals surface area (Å²) >= 11 is 12.3. The zero-order valence-corrected chi connectivity index (χ0v) is 23.0. The molecule has 1 N–H and O–H groups in total. The van der Waals surface area contributed by atoms with Crippen LogP contribution in [-0.4, -0.2) is 79.6 Å². The molecular weight excluding hydrogens is 523 g/mol. The van der Waals surface area contributed by atoms with Crippen LogP contribution in [0.3, 0.4) is 0 Å². The van der Waals surface area contributed by atoms with Crippen molar-refractivity contribution in [3.05, 3.63) is 69.9 Å². The summed E-state index contributed by atoms with van der Waals surface area (Å²) in [5.74, 6) is -0.0922. The molecule has 0 aromatic heterocycles. The monoisotopic (exact) mass is 556 g/mol. The second-order valence-electron chi connectivity index (χ2n) is 10.2. The number of rotatable bonds is 7. The summed E-state index contributed by atoms with van der Waals surface area (Å²) in [5.41, 5.74) is 1.94. The molecule has 2 saturated heterocycles. The predicted octanol–water partition coefficient (Wildman–Crippen LogP) is 4.44. The first-order valence-electron chi connectivity index (χ1n) is 13.4. The lowest BCUT2D eigenvalue weighted by atomic mass is 9.89. The van der Waals surface area contributed by atoms with Crippen molar-refractivity contribution in [1.82, 2.24) is 15.1 Å². The van der Waals surface area contributed by atoms with Crippen LogP contribution < -0.4 is 10.2 Å². The van der Waals surface area contributed by atoms with Crippen molar-refractivity contribution in [1.29, 1.82) is 0 Å². The largest absolute Gasteiger partial charge is 0.482 e. The van der Waals surface area contributed by atoms with Crippen molar-refractivity contribution < 1.29 is 14.3 Å². The van der Waals surface area contributed by atoms with E-state index in [1.807, 2.05) is 30.3 Å². The fourth-order valence-corrected chi connectivity index (χ4v) is 5.96. The van der Waals surface area contributed by atoms with Crippen LogP contribution in [-0.2, 0) is 14.3 Å². The number of carbonyl (C=O) groups excluding carboxylic acids is 2. The Balaban J connectivity index is 1.14. The van der Waals surface area contributed by atoms with Gasteiger partial charge < -0.3 is 19.9 Å². The number of ether oxygens (including phenoxy) is 1. The number of piperazine rings is 1. The van der Waals surface area contributed by atoms with Gasteiger partial charge in [-0.1, -0.05) is 47.8 Å². The highest BCUT2D eigenvalue weighted by Gasteiger charge is 2.42. The third-order valence-corrected chi connectivity index (χ3v) is 8.04. The molecule has 3 aliphatic rings. The minimum absolute atomic E-state index is 0.0405. The molecule has 0 bridgehead atoms. The summed E-state index contributed by atoms with van der Waals surface area (Å²) in [6.45, 7) is 5.05. The van der Waals surface area contributed by atoms with Crippen LogP contribution in [0.25, 0.3) is 6.08 Å². The van der Waals surface area contributed by atoms with Crippen LogP contribution in [0.1, 0.15) is 31.2 Å². The number of halogens is 2. The Morgan fingerprint density at radius 3 is 2.50 bits per heavy atom. The Morgan fingerprint density at radius 1 is 1.00 bits per heavy atom. The minimum atomic E-state index is -0.236. The molecule has 1 saturated carbocycles. The van der Waals surface area contributed by atoms with Crippen molar-refractivity contribution in [3.63, 3.8) is 0 Å². The van der Waals surface area contributed by atoms with Gasteiger partial charge >= 0.3 is 0 Å². The van der Waals surface area contributed by atoms with Gasteiger partial charge in [-0.25, -0.2) is 0 Å². The van der Waals surface area contributed by atoms with Gasteiger partial charge in [0.1, 0.15) is 12.6 Å². The van der Waals surface area contributed by atoms with Gasteiger partial charge in [-0.15, -0.1) is 0 Å². The van der Waals surface area contributed by atoms with Gasteiger partial charge in [-0.2, -0.15) is 0 Å². The Labute approximate surface area is 234 Å². The summed E-state index contributed by atoms with van der Waals surface area (Å²) in [7, 11) is 0. The molecule has 5 rings (SSSR count). The molecule has 2 aliphatic heterocycles. The number of amides is 2. The van der Waals surface area contributed by atoms with Gasteiger partial charge in [0.05, 0.1) is 6.04 Å². The van der Waals surface area contributed by atoms with E-state index in [2.05, 4.69) is 21.2 Å². The average molecular weight is 558 g/mol. The quantitative estimate of drug-likeness (QED) is 0.510. The molecule has 202 valence electrons. The lowest BCUT2D eigenvalue weighted by molar-refractivity contribution is -0.151. The van der Waals surface area contributed by atoms with Crippen molar-refractivity contribution >= 4 is 46.8 Å². The molecule has 38 heavy (non-hydrogen) atoms. The zero-order chi connectivity index (χ0) is 26.5. The fourth-order valence-electron chi connectivity index (χ4n) is 5.58. The number of carbonyl (C=O) groups is 2. The summed E-state index contributed by atoms with van der Waals surface area (Å²) in [4.78, 5) is 32.7. The topological polar surface area (TPSA) is 65.1 Å². The third-order valence-electron chi connectivity index (χ3n) is 7.57. The lowest BCUT2D eigenvalue weighted by Gasteiger charge is -2.44. The summed E-state index contributed by atoms with van der Waals surface area (Å²) in [6, 6.07) is 15.2. The van der Waals surface area contributed by atoms with Crippen LogP contribution in [0.15, 0.2) is 54.3 Å². The molecule has 2 unspecified atom stereocenters. The van der Waals surface area contributed by atoms with Crippen LogP contribution in [0, 0.1) is 0 Å². The first-order chi connectivity index (χ1) is 18.5. The number of benzene rings is 2. The molecular formula is C29H34Cl2N4O3. The number of fused-ring (bicyclic) bond motifs is 1. The molecule has 0 spiro atoms. The molecule has 2 aromatic carbocycles. The zero-order valence-electron chi connectivity index (χ0n) is 21.5. The van der Waals surface area contributed by atoms with E-state index < -0.39 is 0 Å². The Bertz CT molecular complexity index is 1180. The lowest BCUT2D eigenvalue weighted by Crippen LogP contribution is -2.57. The number of hydrogen-bond acceptors (Lipinski definition) is 5. The van der Waals surface area contributed by atoms with Gasteiger partial charge in [0.25, 0.3) is 5.91 Å². The summed E-state index contributed by atoms with van der Waals surface area (Å²) in [5, 5.41) is 4.38. The highest BCUT2D eigenvalue weighted by molar-refractivity contribution is 6.31. The molecule has 2 heterocycles. The van der Waals surface area contributed by atoms with Gasteiger partial charge in [-0.05, 0) is 61.2 Å². The second kappa shape index (κ2) is 12.4. The number of nitrogens with zero attached hydrogens (tertiary/aromatic N) is 3. The van der Waals surface area contributed by atoms with Crippen LogP contribution in [0.5, 0.6) is 0 Å². The van der Waals surface area contributed by atoms with Gasteiger partial charge in [-0.3, -0.25) is 14.5 Å². The van der Waals surface area contributed by atoms with Gasteiger partial charge in [0.2, 0.25) is 5.91 Å². The van der Waals surface area contributed by atoms with Crippen molar-refractivity contribution in [2.24, 2.45) is 0 Å². The van der Waals surface area contributed by atoms with E-state index >= 15 is 0 Å². The maximum absolute atomic E-state index is 13.4. The number of nitrogens with one attached hydrogen (secondary N) is 1. The first-order valence-corrected chi connectivity index (χ1v) is 14.2. The maximum atomic E-state index is 13.4. The third kappa shape index (κ3) is 6.63. The smallest absolute Gasteiger partial charge is 0.289 e. The molecule has 2 amide bonds. The fraction of sp³-hybridized carbons (Fsp3) is 0.448. The number of anilines is 1. The van der Waals surface area contributed by atoms with E-state index in [9.17, 15) is 9.59 Å². The van der Waals surface area contributed by atoms with Crippen molar-refractivity contribution in [2.75, 3.05) is 50.7 Å². The second-order valence-corrected chi connectivity index (χ2v) is 11.0. The molecule has 7 nitrogen and oxygen atoms in total. The SMILES string of the molecule is O=C(CN1C(=O)/C(=C\c2cccc(Cl)c2)OC2CCCCC21)NCCN1CCN(c2cccc(Cl)c2)CC1. The van der Waals surface area contributed by atoms with Gasteiger partial charge in [0.15, 0.2) is 5.76 Å². The van der Waals surface area contributed by atoms with Crippen molar-refractivity contribution in [2.45, 2.75) is 37.8 Å². The van der Waals surface area contributed by atoms with E-state index in [-0.39, 0.29) is 36.3 Å². The molecule has 2 atom stereocenters. The predicted molar refractivity (Wildman–Crippen MR) is 151 cm³/mol. The van der Waals surface area contributed by atoms with Crippen LogP contribution in [0.2, 0.25) is 10.0 Å². The van der Waals surface area contributed by atoms with Crippen LogP contribution in [0.4, 0.5) is 5.69 Å². The molecule has 3 fully saturated rings. The number of morpholine rings is 1. The normalized spacial score (nSPS) is 23.2. The maximum Gasteiger partial charge on any atom is 0.289 e. The Morgan fingerprint density at radius 2 is 1.74 bits per heavy atom. The van der Waals surface area contributed by atoms with E-state index in [1.54, 1.807) is 23.1 Å². The molecule has 1 aliphatic carbocycles. The van der Waals surface area contributed by atoms with E-state index in [1.165, 1.54) is 0 Å². The average Bonchev–Trinajstić information content (AvgIpc) is 2.91. The Kier molecular flexibility index (Phi) is 8.77. The van der Waals surface area contributed by atoms with E-state index in [4.69, 9.17) is 27.9 Å². The standard InChI is InChI=1S/C29H34Cl2N4O3/c30-22-6-3-5-21(17-22)18-27-29(37)35(25-9-1-2-10-26(25)38-27)20-28(36)32-11-12-33-13-15-34(16-14-33)24-8-4-7-23(31)19-24/h3-8,17-19,25-26H,1-2,9-16,20H2,(H,32,36)/b27-18+. The molecule has 2 aromatic rings. The highest BCUT2D eigenvalue weighted by Crippen LogP contribution is 2.33. The minimum Gasteiger partial charge on any atom is -0.482 e. The first kappa shape index (κ1) is 26.9. The van der Waals surface area contributed by atoms with Gasteiger partial charge in [0, 0.05) is 55.0 Å².